The molecular formula is C14H16N6O. The van der Waals surface area contributed by atoms with Gasteiger partial charge in [-0.05, 0) is 18.6 Å². The summed E-state index contributed by atoms with van der Waals surface area (Å²) in [6, 6.07) is 8.12. The molecule has 1 N–H and O–H groups in total. The first-order valence-electron chi connectivity index (χ1n) is 6.81. The number of rotatable bonds is 5. The second-order valence-electron chi connectivity index (χ2n) is 4.44. The Morgan fingerprint density at radius 1 is 1.19 bits per heavy atom. The zero-order valence-corrected chi connectivity index (χ0v) is 11.9. The average Bonchev–Trinajstić information content (AvgIpc) is 2.96. The summed E-state index contributed by atoms with van der Waals surface area (Å²) in [7, 11) is 1.76. The van der Waals surface area contributed by atoms with Gasteiger partial charge in [0.2, 0.25) is 11.9 Å². The van der Waals surface area contributed by atoms with Gasteiger partial charge in [-0.25, -0.2) is 4.98 Å². The molecule has 3 rings (SSSR count). The molecule has 0 aliphatic carbocycles. The molecule has 21 heavy (non-hydrogen) atoms. The second kappa shape index (κ2) is 5.74. The summed E-state index contributed by atoms with van der Waals surface area (Å²) in [5.41, 5.74) is 1.83. The predicted octanol–water partition coefficient (Wildman–Crippen LogP) is 2.04. The fourth-order valence-corrected chi connectivity index (χ4v) is 1.94. The predicted molar refractivity (Wildman–Crippen MR) is 79.8 cm³/mol. The Bertz CT molecular complexity index is 754. The lowest BCUT2D eigenvalue weighted by Crippen LogP contribution is -2.09. The highest BCUT2D eigenvalue weighted by Crippen LogP contribution is 2.17. The van der Waals surface area contributed by atoms with Gasteiger partial charge in [-0.3, -0.25) is 4.57 Å². The van der Waals surface area contributed by atoms with Crippen molar-refractivity contribution in [1.82, 2.24) is 24.5 Å². The van der Waals surface area contributed by atoms with E-state index in [0.29, 0.717) is 24.5 Å². The van der Waals surface area contributed by atoms with Crippen molar-refractivity contribution in [1.29, 1.82) is 0 Å². The second-order valence-corrected chi connectivity index (χ2v) is 4.44. The summed E-state index contributed by atoms with van der Waals surface area (Å²) >= 11 is 0. The molecule has 1 aromatic carbocycles. The van der Waals surface area contributed by atoms with Crippen LogP contribution in [0.1, 0.15) is 13.3 Å². The monoisotopic (exact) mass is 284 g/mol. The third-order valence-electron chi connectivity index (χ3n) is 2.93. The van der Waals surface area contributed by atoms with Gasteiger partial charge >= 0.3 is 6.01 Å². The number of para-hydroxylation sites is 2. The zero-order valence-electron chi connectivity index (χ0n) is 11.9. The van der Waals surface area contributed by atoms with E-state index in [0.717, 1.165) is 17.5 Å². The van der Waals surface area contributed by atoms with Crippen molar-refractivity contribution in [2.24, 2.45) is 0 Å². The normalized spacial score (nSPS) is 10.8. The first kappa shape index (κ1) is 13.3. The fourth-order valence-electron chi connectivity index (χ4n) is 1.94. The molecule has 3 aromatic rings. The molecule has 0 atom stereocenters. The molecule has 0 aliphatic rings. The summed E-state index contributed by atoms with van der Waals surface area (Å²) in [5, 5.41) is 2.92. The Hall–Kier alpha value is -2.70. The van der Waals surface area contributed by atoms with Crippen molar-refractivity contribution in [2.75, 3.05) is 19.0 Å². The molecule has 0 spiro atoms. The molecule has 0 saturated heterocycles. The molecule has 0 aliphatic heterocycles. The highest BCUT2D eigenvalue weighted by molar-refractivity contribution is 5.76. The minimum Gasteiger partial charge on any atom is -0.463 e. The lowest BCUT2D eigenvalue weighted by atomic mass is 10.3. The van der Waals surface area contributed by atoms with Gasteiger partial charge < -0.3 is 10.1 Å². The van der Waals surface area contributed by atoms with Crippen LogP contribution in [0.4, 0.5) is 5.95 Å². The highest BCUT2D eigenvalue weighted by Gasteiger charge is 2.11. The summed E-state index contributed by atoms with van der Waals surface area (Å²) < 4.78 is 7.33. The largest absolute Gasteiger partial charge is 0.463 e. The first-order valence-corrected chi connectivity index (χ1v) is 6.81. The number of anilines is 1. The number of ether oxygens (including phenoxy) is 1. The van der Waals surface area contributed by atoms with Crippen LogP contribution in [0.15, 0.2) is 30.6 Å². The van der Waals surface area contributed by atoms with Gasteiger partial charge in [-0.1, -0.05) is 19.1 Å². The van der Waals surface area contributed by atoms with Crippen LogP contribution < -0.4 is 10.1 Å². The van der Waals surface area contributed by atoms with E-state index in [1.807, 2.05) is 35.8 Å². The van der Waals surface area contributed by atoms with Gasteiger partial charge in [0, 0.05) is 7.05 Å². The van der Waals surface area contributed by atoms with Gasteiger partial charge in [0.15, 0.2) is 0 Å². The van der Waals surface area contributed by atoms with E-state index >= 15 is 0 Å². The number of benzene rings is 1. The van der Waals surface area contributed by atoms with E-state index in [1.54, 1.807) is 13.4 Å². The van der Waals surface area contributed by atoms with Crippen molar-refractivity contribution < 1.29 is 4.74 Å². The number of fused-ring (bicyclic) bond motifs is 1. The zero-order chi connectivity index (χ0) is 14.7. The molecule has 0 fully saturated rings. The minimum absolute atomic E-state index is 0.309. The molecule has 0 unspecified atom stereocenters. The number of nitrogens with one attached hydrogen (secondary N) is 1. The minimum atomic E-state index is 0.309. The number of imidazole rings is 1. The smallest absolute Gasteiger partial charge is 0.323 e. The Morgan fingerprint density at radius 3 is 2.86 bits per heavy atom. The highest BCUT2D eigenvalue weighted by atomic mass is 16.5. The van der Waals surface area contributed by atoms with Gasteiger partial charge in [0.1, 0.15) is 6.33 Å². The summed E-state index contributed by atoms with van der Waals surface area (Å²) in [4.78, 5) is 17.2. The van der Waals surface area contributed by atoms with E-state index in [9.17, 15) is 0 Å². The Kier molecular flexibility index (Phi) is 3.63. The summed E-state index contributed by atoms with van der Waals surface area (Å²) in [5.74, 6) is 0.943. The Balaban J connectivity index is 2.08. The number of hydrogen-bond acceptors (Lipinski definition) is 6. The number of nitrogens with zero attached hydrogens (tertiary/aromatic N) is 5. The van der Waals surface area contributed by atoms with Crippen LogP contribution in [0.5, 0.6) is 6.01 Å². The molecule has 0 amide bonds. The van der Waals surface area contributed by atoms with Crippen molar-refractivity contribution in [3.63, 3.8) is 0 Å². The molecule has 7 nitrogen and oxygen atoms in total. The summed E-state index contributed by atoms with van der Waals surface area (Å²) in [6.07, 6.45) is 2.59. The maximum absolute atomic E-state index is 5.51. The third-order valence-corrected chi connectivity index (χ3v) is 2.93. The summed E-state index contributed by atoms with van der Waals surface area (Å²) in [6.45, 7) is 2.60. The lowest BCUT2D eigenvalue weighted by Gasteiger charge is -2.08. The quantitative estimate of drug-likeness (QED) is 0.772. The Labute approximate surface area is 122 Å². The van der Waals surface area contributed by atoms with Crippen LogP contribution in [-0.4, -0.2) is 38.2 Å². The number of aromatic nitrogens is 5. The van der Waals surface area contributed by atoms with Crippen LogP contribution in [0.25, 0.3) is 17.0 Å². The maximum Gasteiger partial charge on any atom is 0.323 e. The van der Waals surface area contributed by atoms with Crippen molar-refractivity contribution in [3.8, 4) is 12.0 Å². The SMILES string of the molecule is CCCOc1nc(NC)nc(-n2cnc3ccccc32)n1. The molecule has 0 saturated carbocycles. The van der Waals surface area contributed by atoms with Crippen molar-refractivity contribution in [3.05, 3.63) is 30.6 Å². The van der Waals surface area contributed by atoms with E-state index in [-0.39, 0.29) is 0 Å². The number of hydrogen-bond donors (Lipinski definition) is 1. The molecule has 0 radical (unpaired) electrons. The van der Waals surface area contributed by atoms with E-state index in [4.69, 9.17) is 4.74 Å². The topological polar surface area (TPSA) is 77.8 Å². The van der Waals surface area contributed by atoms with E-state index in [1.165, 1.54) is 0 Å². The van der Waals surface area contributed by atoms with Crippen molar-refractivity contribution in [2.45, 2.75) is 13.3 Å². The van der Waals surface area contributed by atoms with Crippen LogP contribution in [0.2, 0.25) is 0 Å². The van der Waals surface area contributed by atoms with E-state index in [2.05, 4.69) is 25.3 Å². The third kappa shape index (κ3) is 2.62. The van der Waals surface area contributed by atoms with E-state index < -0.39 is 0 Å². The molecule has 0 bridgehead atoms. The molecule has 2 heterocycles. The van der Waals surface area contributed by atoms with Gasteiger partial charge in [0.05, 0.1) is 17.6 Å². The molecule has 2 aromatic heterocycles. The maximum atomic E-state index is 5.51. The van der Waals surface area contributed by atoms with Crippen LogP contribution >= 0.6 is 0 Å². The Morgan fingerprint density at radius 2 is 2.05 bits per heavy atom. The first-order chi connectivity index (χ1) is 10.3. The standard InChI is InChI=1S/C14H16N6O/c1-3-8-21-14-18-12(15-2)17-13(19-14)20-9-16-10-6-4-5-7-11(10)20/h4-7,9H,3,8H2,1-2H3,(H,15,17,18,19). The fraction of sp³-hybridized carbons (Fsp3) is 0.286. The molecule has 7 heteroatoms. The van der Waals surface area contributed by atoms with Crippen LogP contribution in [0.3, 0.4) is 0 Å². The van der Waals surface area contributed by atoms with Crippen LogP contribution in [0, 0.1) is 0 Å². The lowest BCUT2D eigenvalue weighted by molar-refractivity contribution is 0.291. The molecular weight excluding hydrogens is 268 g/mol. The van der Waals surface area contributed by atoms with Crippen molar-refractivity contribution >= 4 is 17.0 Å². The van der Waals surface area contributed by atoms with Gasteiger partial charge in [-0.2, -0.15) is 15.0 Å². The van der Waals surface area contributed by atoms with Gasteiger partial charge in [0.25, 0.3) is 0 Å². The van der Waals surface area contributed by atoms with Gasteiger partial charge in [-0.15, -0.1) is 0 Å². The molecule has 108 valence electrons. The van der Waals surface area contributed by atoms with Crippen LogP contribution in [-0.2, 0) is 0 Å². The average molecular weight is 284 g/mol.